The van der Waals surface area contributed by atoms with Crippen molar-refractivity contribution in [2.45, 2.75) is 13.0 Å². The SMILES string of the molecule is C=C1Oc2cccc(C=O)c2OC1C. The summed E-state index contributed by atoms with van der Waals surface area (Å²) in [6.07, 6.45) is 0.534. The van der Waals surface area contributed by atoms with Gasteiger partial charge in [0.25, 0.3) is 0 Å². The van der Waals surface area contributed by atoms with E-state index in [1.807, 2.05) is 6.92 Å². The molecule has 1 aliphatic heterocycles. The third-order valence-corrected chi connectivity index (χ3v) is 2.13. The summed E-state index contributed by atoms with van der Waals surface area (Å²) in [4.78, 5) is 10.7. The van der Waals surface area contributed by atoms with Gasteiger partial charge in [-0.05, 0) is 19.1 Å². The van der Waals surface area contributed by atoms with Crippen molar-refractivity contribution in [3.8, 4) is 11.5 Å². The summed E-state index contributed by atoms with van der Waals surface area (Å²) in [6, 6.07) is 5.19. The van der Waals surface area contributed by atoms with Crippen molar-refractivity contribution in [1.82, 2.24) is 0 Å². The zero-order chi connectivity index (χ0) is 10.1. The molecule has 3 heteroatoms. The lowest BCUT2D eigenvalue weighted by Gasteiger charge is -2.26. The summed E-state index contributed by atoms with van der Waals surface area (Å²) in [5, 5.41) is 0. The first kappa shape index (κ1) is 8.81. The Morgan fingerprint density at radius 2 is 2.29 bits per heavy atom. The van der Waals surface area contributed by atoms with E-state index in [-0.39, 0.29) is 6.10 Å². The van der Waals surface area contributed by atoms with E-state index in [4.69, 9.17) is 9.47 Å². The zero-order valence-electron chi connectivity index (χ0n) is 7.82. The molecule has 0 N–H and O–H groups in total. The molecule has 2 rings (SSSR count). The number of carbonyl (C=O) groups is 1. The Hall–Kier alpha value is -1.77. The van der Waals surface area contributed by atoms with Crippen LogP contribution >= 0.6 is 0 Å². The maximum absolute atomic E-state index is 10.7. The minimum atomic E-state index is -0.219. The maximum Gasteiger partial charge on any atom is 0.173 e. The molecule has 1 aliphatic rings. The van der Waals surface area contributed by atoms with Crippen LogP contribution in [0, 0.1) is 0 Å². The normalized spacial score (nSPS) is 19.2. The second-order valence-electron chi connectivity index (χ2n) is 3.12. The van der Waals surface area contributed by atoms with E-state index in [0.29, 0.717) is 22.8 Å². The number of hydrogen-bond donors (Lipinski definition) is 0. The number of ether oxygens (including phenoxy) is 2. The van der Waals surface area contributed by atoms with Crippen LogP contribution in [0.25, 0.3) is 0 Å². The van der Waals surface area contributed by atoms with E-state index < -0.39 is 0 Å². The number of benzene rings is 1. The maximum atomic E-state index is 10.7. The molecule has 1 aromatic rings. The van der Waals surface area contributed by atoms with Gasteiger partial charge < -0.3 is 9.47 Å². The van der Waals surface area contributed by atoms with Gasteiger partial charge in [-0.25, -0.2) is 0 Å². The van der Waals surface area contributed by atoms with Crippen molar-refractivity contribution < 1.29 is 14.3 Å². The quantitative estimate of drug-likeness (QED) is 0.636. The van der Waals surface area contributed by atoms with Crippen molar-refractivity contribution in [1.29, 1.82) is 0 Å². The summed E-state index contributed by atoms with van der Waals surface area (Å²) in [5.41, 5.74) is 0.502. The molecule has 3 nitrogen and oxygen atoms in total. The molecule has 0 radical (unpaired) electrons. The second-order valence-corrected chi connectivity index (χ2v) is 3.12. The summed E-state index contributed by atoms with van der Waals surface area (Å²) >= 11 is 0. The average molecular weight is 190 g/mol. The van der Waals surface area contributed by atoms with E-state index in [9.17, 15) is 4.79 Å². The fourth-order valence-corrected chi connectivity index (χ4v) is 1.30. The molecule has 0 spiro atoms. The lowest BCUT2D eigenvalue weighted by atomic mass is 10.2. The van der Waals surface area contributed by atoms with Gasteiger partial charge in [-0.2, -0.15) is 0 Å². The smallest absolute Gasteiger partial charge is 0.173 e. The number of para-hydroxylation sites is 1. The molecule has 1 atom stereocenters. The first-order valence-corrected chi connectivity index (χ1v) is 4.34. The van der Waals surface area contributed by atoms with E-state index in [0.717, 1.165) is 6.29 Å². The molecule has 1 aromatic carbocycles. The van der Waals surface area contributed by atoms with Gasteiger partial charge in [0.05, 0.1) is 5.56 Å². The molecule has 0 aliphatic carbocycles. The van der Waals surface area contributed by atoms with Crippen LogP contribution in [0.5, 0.6) is 11.5 Å². The van der Waals surface area contributed by atoms with Gasteiger partial charge in [-0.3, -0.25) is 4.79 Å². The predicted octanol–water partition coefficient (Wildman–Crippen LogP) is 2.17. The second kappa shape index (κ2) is 3.18. The number of hydrogen-bond acceptors (Lipinski definition) is 3. The minimum Gasteiger partial charge on any atom is -0.478 e. The van der Waals surface area contributed by atoms with E-state index in [2.05, 4.69) is 6.58 Å². The van der Waals surface area contributed by atoms with Gasteiger partial charge in [-0.1, -0.05) is 12.6 Å². The van der Waals surface area contributed by atoms with Crippen molar-refractivity contribution in [2.75, 3.05) is 0 Å². The lowest BCUT2D eigenvalue weighted by molar-refractivity contribution is 0.110. The lowest BCUT2D eigenvalue weighted by Crippen LogP contribution is -2.23. The van der Waals surface area contributed by atoms with Gasteiger partial charge >= 0.3 is 0 Å². The van der Waals surface area contributed by atoms with Crippen molar-refractivity contribution in [3.63, 3.8) is 0 Å². The number of aldehydes is 1. The molecule has 0 saturated carbocycles. The van der Waals surface area contributed by atoms with Gasteiger partial charge in [-0.15, -0.1) is 0 Å². The molecular formula is C11H10O3. The van der Waals surface area contributed by atoms with Crippen LogP contribution in [-0.4, -0.2) is 12.4 Å². The first-order valence-electron chi connectivity index (χ1n) is 4.34. The highest BCUT2D eigenvalue weighted by Crippen LogP contribution is 2.36. The molecule has 0 saturated heterocycles. The Morgan fingerprint density at radius 3 is 3.00 bits per heavy atom. The number of rotatable bonds is 1. The third-order valence-electron chi connectivity index (χ3n) is 2.13. The standard InChI is InChI=1S/C11H10O3/c1-7-8(2)14-11-9(6-12)4-3-5-10(11)13-7/h3-6,8H,1H2,2H3. The molecule has 72 valence electrons. The number of fused-ring (bicyclic) bond motifs is 1. The Morgan fingerprint density at radius 1 is 1.50 bits per heavy atom. The molecule has 0 aromatic heterocycles. The molecule has 1 unspecified atom stereocenters. The van der Waals surface area contributed by atoms with Crippen LogP contribution in [0.1, 0.15) is 17.3 Å². The van der Waals surface area contributed by atoms with Crippen LogP contribution in [0.3, 0.4) is 0 Å². The van der Waals surface area contributed by atoms with Crippen LogP contribution in [0.15, 0.2) is 30.5 Å². The molecular weight excluding hydrogens is 180 g/mol. The summed E-state index contributed by atoms with van der Waals surface area (Å²) in [7, 11) is 0. The minimum absolute atomic E-state index is 0.219. The van der Waals surface area contributed by atoms with Gasteiger partial charge in [0.2, 0.25) is 0 Å². The highest BCUT2D eigenvalue weighted by molar-refractivity contribution is 5.81. The van der Waals surface area contributed by atoms with Crippen molar-refractivity contribution in [2.24, 2.45) is 0 Å². The van der Waals surface area contributed by atoms with E-state index in [1.165, 1.54) is 0 Å². The van der Waals surface area contributed by atoms with Crippen LogP contribution in [-0.2, 0) is 0 Å². The Labute approximate surface area is 81.9 Å². The Kier molecular flexibility index (Phi) is 2.00. The van der Waals surface area contributed by atoms with E-state index >= 15 is 0 Å². The summed E-state index contributed by atoms with van der Waals surface area (Å²) < 4.78 is 10.9. The van der Waals surface area contributed by atoms with Crippen molar-refractivity contribution >= 4 is 6.29 Å². The van der Waals surface area contributed by atoms with Gasteiger partial charge in [0.1, 0.15) is 5.76 Å². The predicted molar refractivity (Wildman–Crippen MR) is 51.7 cm³/mol. The topological polar surface area (TPSA) is 35.5 Å². The monoisotopic (exact) mass is 190 g/mol. The molecule has 14 heavy (non-hydrogen) atoms. The van der Waals surface area contributed by atoms with E-state index in [1.54, 1.807) is 18.2 Å². The number of carbonyl (C=O) groups excluding carboxylic acids is 1. The molecule has 0 bridgehead atoms. The van der Waals surface area contributed by atoms with Crippen LogP contribution in [0.2, 0.25) is 0 Å². The molecule has 0 fully saturated rings. The fraction of sp³-hybridized carbons (Fsp3) is 0.182. The first-order chi connectivity index (χ1) is 6.72. The largest absolute Gasteiger partial charge is 0.478 e. The molecule has 1 heterocycles. The van der Waals surface area contributed by atoms with Crippen LogP contribution in [0.4, 0.5) is 0 Å². The van der Waals surface area contributed by atoms with Crippen molar-refractivity contribution in [3.05, 3.63) is 36.1 Å². The Balaban J connectivity index is 2.51. The highest BCUT2D eigenvalue weighted by atomic mass is 16.6. The fourth-order valence-electron chi connectivity index (χ4n) is 1.30. The van der Waals surface area contributed by atoms with Gasteiger partial charge in [0, 0.05) is 0 Å². The Bertz CT molecular complexity index is 396. The summed E-state index contributed by atoms with van der Waals surface area (Å²) in [5.74, 6) is 1.61. The highest BCUT2D eigenvalue weighted by Gasteiger charge is 2.23. The zero-order valence-corrected chi connectivity index (χ0v) is 7.82. The summed E-state index contributed by atoms with van der Waals surface area (Å²) in [6.45, 7) is 5.54. The van der Waals surface area contributed by atoms with Crippen LogP contribution < -0.4 is 9.47 Å². The molecule has 0 amide bonds. The average Bonchev–Trinajstić information content (AvgIpc) is 2.19. The van der Waals surface area contributed by atoms with Gasteiger partial charge in [0.15, 0.2) is 23.9 Å². The third kappa shape index (κ3) is 1.27.